The Balaban J connectivity index is 2.37. The largest absolute Gasteiger partial charge is 0.382 e. The maximum atomic E-state index is 12.9. The number of anilines is 1. The Hall–Kier alpha value is -2.24. The quantitative estimate of drug-likeness (QED) is 0.852. The fraction of sp³-hybridized carbons (Fsp3) is 0.0909. The number of nitrogens with two attached hydrogens (primary N) is 1. The second kappa shape index (κ2) is 4.32. The highest BCUT2D eigenvalue weighted by Gasteiger charge is 2.04. The molecule has 1 heterocycles. The first-order valence-corrected chi connectivity index (χ1v) is 4.83. The van der Waals surface area contributed by atoms with Gasteiger partial charge in [0.05, 0.1) is 6.54 Å². The maximum Gasteiger partial charge on any atom is 0.267 e. The van der Waals surface area contributed by atoms with E-state index in [1.165, 1.54) is 12.1 Å². The molecule has 0 bridgehead atoms. The van der Waals surface area contributed by atoms with Gasteiger partial charge in [-0.1, -0.05) is 0 Å². The second-order valence-electron chi connectivity index (χ2n) is 3.53. The molecule has 17 heavy (non-hydrogen) atoms. The molecule has 0 saturated carbocycles. The van der Waals surface area contributed by atoms with Gasteiger partial charge in [0.1, 0.15) is 17.5 Å². The Morgan fingerprint density at radius 3 is 2.47 bits per heavy atom. The van der Waals surface area contributed by atoms with Crippen LogP contribution in [0.1, 0.15) is 5.56 Å². The van der Waals surface area contributed by atoms with Crippen LogP contribution >= 0.6 is 0 Å². The molecule has 2 N–H and O–H groups in total. The summed E-state index contributed by atoms with van der Waals surface area (Å²) in [5.41, 5.74) is 5.34. The van der Waals surface area contributed by atoms with Crippen LogP contribution in [-0.4, -0.2) is 9.78 Å². The number of halogens is 2. The average Bonchev–Trinajstić information content (AvgIpc) is 2.22. The van der Waals surface area contributed by atoms with Crippen molar-refractivity contribution in [2.45, 2.75) is 6.54 Å². The highest BCUT2D eigenvalue weighted by molar-refractivity contribution is 5.24. The van der Waals surface area contributed by atoms with Crippen molar-refractivity contribution >= 4 is 5.82 Å². The van der Waals surface area contributed by atoms with Crippen molar-refractivity contribution in [3.63, 3.8) is 0 Å². The maximum absolute atomic E-state index is 12.9. The van der Waals surface area contributed by atoms with Gasteiger partial charge >= 0.3 is 0 Å². The summed E-state index contributed by atoms with van der Waals surface area (Å²) in [5.74, 6) is -1.23. The summed E-state index contributed by atoms with van der Waals surface area (Å²) in [6.07, 6.45) is 0. The Morgan fingerprint density at radius 2 is 1.82 bits per heavy atom. The predicted octanol–water partition coefficient (Wildman–Crippen LogP) is 1.15. The normalized spacial score (nSPS) is 10.5. The lowest BCUT2D eigenvalue weighted by molar-refractivity contribution is 0.571. The van der Waals surface area contributed by atoms with E-state index < -0.39 is 11.6 Å². The highest BCUT2D eigenvalue weighted by atomic mass is 19.1. The molecular formula is C11H9F2N3O. The van der Waals surface area contributed by atoms with Crippen LogP contribution in [0.25, 0.3) is 0 Å². The Labute approximate surface area is 95.3 Å². The molecule has 0 spiro atoms. The van der Waals surface area contributed by atoms with E-state index in [0.717, 1.165) is 22.9 Å². The van der Waals surface area contributed by atoms with Crippen LogP contribution < -0.4 is 11.3 Å². The molecule has 0 atom stereocenters. The first kappa shape index (κ1) is 11.3. The number of rotatable bonds is 2. The van der Waals surface area contributed by atoms with Crippen LogP contribution in [0.4, 0.5) is 14.6 Å². The number of benzene rings is 1. The van der Waals surface area contributed by atoms with Gasteiger partial charge in [-0.05, 0) is 23.8 Å². The third-order valence-corrected chi connectivity index (χ3v) is 2.14. The van der Waals surface area contributed by atoms with Crippen LogP contribution in [0.5, 0.6) is 0 Å². The zero-order valence-corrected chi connectivity index (χ0v) is 8.73. The zero-order chi connectivity index (χ0) is 12.4. The van der Waals surface area contributed by atoms with Crippen LogP contribution in [0.3, 0.4) is 0 Å². The minimum atomic E-state index is -0.697. The Morgan fingerprint density at radius 1 is 1.18 bits per heavy atom. The van der Waals surface area contributed by atoms with Crippen molar-refractivity contribution in [3.05, 3.63) is 57.9 Å². The van der Waals surface area contributed by atoms with Crippen LogP contribution in [0.2, 0.25) is 0 Å². The summed E-state index contributed by atoms with van der Waals surface area (Å²) in [4.78, 5) is 11.4. The molecule has 88 valence electrons. The van der Waals surface area contributed by atoms with Gasteiger partial charge in [0.25, 0.3) is 5.56 Å². The molecule has 0 aliphatic heterocycles. The highest BCUT2D eigenvalue weighted by Crippen LogP contribution is 2.08. The number of hydrogen-bond acceptors (Lipinski definition) is 3. The van der Waals surface area contributed by atoms with E-state index >= 15 is 0 Å². The van der Waals surface area contributed by atoms with Crippen LogP contribution in [0, 0.1) is 11.6 Å². The number of nitrogens with zero attached hydrogens (tertiary/aromatic N) is 2. The van der Waals surface area contributed by atoms with Crippen molar-refractivity contribution in [1.29, 1.82) is 0 Å². The summed E-state index contributed by atoms with van der Waals surface area (Å²) in [6, 6.07) is 5.66. The molecule has 1 aromatic heterocycles. The van der Waals surface area contributed by atoms with E-state index in [1.54, 1.807) is 0 Å². The van der Waals surface area contributed by atoms with Gasteiger partial charge in [-0.15, -0.1) is 0 Å². The Bertz CT molecular complexity index is 590. The molecule has 2 aromatic rings. The standard InChI is InChI=1S/C11H9F2N3O/c12-8-3-7(4-9(13)5-8)6-16-11(17)2-1-10(14)15-16/h1-5H,6H2,(H2,14,15). The predicted molar refractivity (Wildman–Crippen MR) is 58.4 cm³/mol. The van der Waals surface area contributed by atoms with Gasteiger partial charge in [0.2, 0.25) is 0 Å². The summed E-state index contributed by atoms with van der Waals surface area (Å²) in [5, 5.41) is 3.76. The van der Waals surface area contributed by atoms with Gasteiger partial charge in [-0.25, -0.2) is 13.5 Å². The second-order valence-corrected chi connectivity index (χ2v) is 3.53. The molecule has 2 rings (SSSR count). The summed E-state index contributed by atoms with van der Waals surface area (Å²) in [7, 11) is 0. The van der Waals surface area contributed by atoms with Gasteiger partial charge in [-0.2, -0.15) is 5.10 Å². The molecule has 0 unspecified atom stereocenters. The number of hydrogen-bond donors (Lipinski definition) is 1. The first-order valence-electron chi connectivity index (χ1n) is 4.83. The summed E-state index contributed by atoms with van der Waals surface area (Å²) >= 11 is 0. The summed E-state index contributed by atoms with van der Waals surface area (Å²) in [6.45, 7) is -0.0292. The van der Waals surface area contributed by atoms with Crippen molar-refractivity contribution in [1.82, 2.24) is 9.78 Å². The molecule has 0 amide bonds. The van der Waals surface area contributed by atoms with Crippen LogP contribution in [0.15, 0.2) is 35.1 Å². The van der Waals surface area contributed by atoms with Crippen molar-refractivity contribution in [2.24, 2.45) is 0 Å². The lowest BCUT2D eigenvalue weighted by Crippen LogP contribution is -2.23. The monoisotopic (exact) mass is 237 g/mol. The van der Waals surface area contributed by atoms with Gasteiger partial charge < -0.3 is 5.73 Å². The Kier molecular flexibility index (Phi) is 2.86. The fourth-order valence-electron chi connectivity index (χ4n) is 1.45. The first-order chi connectivity index (χ1) is 8.04. The average molecular weight is 237 g/mol. The molecule has 0 aliphatic rings. The molecule has 4 nitrogen and oxygen atoms in total. The van der Waals surface area contributed by atoms with E-state index in [2.05, 4.69) is 5.10 Å². The minimum Gasteiger partial charge on any atom is -0.382 e. The third-order valence-electron chi connectivity index (χ3n) is 2.14. The van der Waals surface area contributed by atoms with E-state index in [0.29, 0.717) is 5.56 Å². The number of nitrogen functional groups attached to an aromatic ring is 1. The molecule has 0 radical (unpaired) electrons. The molecule has 0 saturated heterocycles. The van der Waals surface area contributed by atoms with Crippen molar-refractivity contribution < 1.29 is 8.78 Å². The van der Waals surface area contributed by atoms with E-state index in [9.17, 15) is 13.6 Å². The molecule has 6 heteroatoms. The zero-order valence-electron chi connectivity index (χ0n) is 8.73. The van der Waals surface area contributed by atoms with Crippen molar-refractivity contribution in [3.8, 4) is 0 Å². The fourth-order valence-corrected chi connectivity index (χ4v) is 1.45. The van der Waals surface area contributed by atoms with E-state index in [4.69, 9.17) is 5.73 Å². The third kappa shape index (κ3) is 2.66. The topological polar surface area (TPSA) is 60.9 Å². The van der Waals surface area contributed by atoms with E-state index in [-0.39, 0.29) is 17.9 Å². The molecular weight excluding hydrogens is 228 g/mol. The van der Waals surface area contributed by atoms with Gasteiger partial charge in [-0.3, -0.25) is 4.79 Å². The smallest absolute Gasteiger partial charge is 0.267 e. The van der Waals surface area contributed by atoms with Crippen LogP contribution in [-0.2, 0) is 6.54 Å². The SMILES string of the molecule is Nc1ccc(=O)n(Cc2cc(F)cc(F)c2)n1. The number of aromatic nitrogens is 2. The molecule has 1 aromatic carbocycles. The molecule has 0 fully saturated rings. The van der Waals surface area contributed by atoms with Gasteiger partial charge in [0.15, 0.2) is 0 Å². The van der Waals surface area contributed by atoms with E-state index in [1.807, 2.05) is 0 Å². The van der Waals surface area contributed by atoms with Crippen molar-refractivity contribution in [2.75, 3.05) is 5.73 Å². The lowest BCUT2D eigenvalue weighted by Gasteiger charge is -2.05. The lowest BCUT2D eigenvalue weighted by atomic mass is 10.2. The molecule has 0 aliphatic carbocycles. The summed E-state index contributed by atoms with van der Waals surface area (Å²) < 4.78 is 26.9. The minimum absolute atomic E-state index is 0.0292. The van der Waals surface area contributed by atoms with Gasteiger partial charge in [0, 0.05) is 12.1 Å².